The molecule has 1 heterocycles. The largest absolute Gasteiger partial charge is 0.396 e. The molecule has 2 rings (SSSR count). The van der Waals surface area contributed by atoms with Crippen molar-refractivity contribution < 1.29 is 14.6 Å². The second-order valence-corrected chi connectivity index (χ2v) is 4.44. The van der Waals surface area contributed by atoms with E-state index in [2.05, 4.69) is 0 Å². The fourth-order valence-corrected chi connectivity index (χ4v) is 2.69. The standard InChI is InChI=1S/C11H20O3/c12-6-2-4-10-3-1-5-11(9-10)13-7-8-14-11/h10,12H,1-9H2. The van der Waals surface area contributed by atoms with E-state index in [0.29, 0.717) is 12.5 Å². The van der Waals surface area contributed by atoms with Crippen LogP contribution in [0, 0.1) is 5.92 Å². The van der Waals surface area contributed by atoms with Gasteiger partial charge < -0.3 is 14.6 Å². The monoisotopic (exact) mass is 200 g/mol. The summed E-state index contributed by atoms with van der Waals surface area (Å²) in [6.45, 7) is 1.82. The van der Waals surface area contributed by atoms with Gasteiger partial charge in [0.25, 0.3) is 0 Å². The summed E-state index contributed by atoms with van der Waals surface area (Å²) in [6.07, 6.45) is 6.60. The first-order chi connectivity index (χ1) is 6.85. The van der Waals surface area contributed by atoms with Crippen LogP contribution in [0.15, 0.2) is 0 Å². The van der Waals surface area contributed by atoms with E-state index >= 15 is 0 Å². The second kappa shape index (κ2) is 4.60. The van der Waals surface area contributed by atoms with Crippen LogP contribution < -0.4 is 0 Å². The molecular weight excluding hydrogens is 180 g/mol. The Kier molecular flexibility index (Phi) is 3.42. The van der Waals surface area contributed by atoms with E-state index in [9.17, 15) is 0 Å². The third-order valence-electron chi connectivity index (χ3n) is 3.35. The van der Waals surface area contributed by atoms with Gasteiger partial charge in [0, 0.05) is 19.4 Å². The lowest BCUT2D eigenvalue weighted by Gasteiger charge is -2.36. The van der Waals surface area contributed by atoms with E-state index in [0.717, 1.165) is 38.9 Å². The quantitative estimate of drug-likeness (QED) is 0.753. The maximum absolute atomic E-state index is 8.79. The molecule has 3 heteroatoms. The van der Waals surface area contributed by atoms with Crippen LogP contribution >= 0.6 is 0 Å². The molecule has 0 radical (unpaired) electrons. The van der Waals surface area contributed by atoms with E-state index in [1.54, 1.807) is 0 Å². The molecule has 1 N–H and O–H groups in total. The molecule has 1 atom stereocenters. The smallest absolute Gasteiger partial charge is 0.168 e. The Balaban J connectivity index is 1.83. The maximum atomic E-state index is 8.79. The number of aliphatic hydroxyl groups is 1. The highest BCUT2D eigenvalue weighted by Gasteiger charge is 2.40. The summed E-state index contributed by atoms with van der Waals surface area (Å²) in [5.74, 6) is 0.451. The minimum absolute atomic E-state index is 0.238. The van der Waals surface area contributed by atoms with Gasteiger partial charge in [0.1, 0.15) is 0 Å². The Labute approximate surface area is 85.4 Å². The molecule has 2 fully saturated rings. The average molecular weight is 200 g/mol. The molecule has 82 valence electrons. The maximum Gasteiger partial charge on any atom is 0.168 e. The zero-order valence-electron chi connectivity index (χ0n) is 8.71. The van der Waals surface area contributed by atoms with Crippen LogP contribution in [0.1, 0.15) is 38.5 Å². The Morgan fingerprint density at radius 3 is 2.79 bits per heavy atom. The predicted octanol–water partition coefficient (Wildman–Crippen LogP) is 1.69. The number of ether oxygens (including phenoxy) is 2. The number of aliphatic hydroxyl groups excluding tert-OH is 1. The molecule has 0 aromatic heterocycles. The fraction of sp³-hybridized carbons (Fsp3) is 1.00. The zero-order chi connectivity index (χ0) is 9.86. The lowest BCUT2D eigenvalue weighted by Crippen LogP contribution is -2.36. The van der Waals surface area contributed by atoms with Crippen molar-refractivity contribution in [2.45, 2.75) is 44.3 Å². The van der Waals surface area contributed by atoms with Gasteiger partial charge in [-0.2, -0.15) is 0 Å². The van der Waals surface area contributed by atoms with Crippen molar-refractivity contribution in [3.05, 3.63) is 0 Å². The van der Waals surface area contributed by atoms with Gasteiger partial charge in [0.15, 0.2) is 5.79 Å². The lowest BCUT2D eigenvalue weighted by atomic mass is 9.82. The third kappa shape index (κ3) is 2.27. The van der Waals surface area contributed by atoms with Crippen molar-refractivity contribution in [2.24, 2.45) is 5.92 Å². The highest BCUT2D eigenvalue weighted by atomic mass is 16.7. The molecule has 1 spiro atoms. The van der Waals surface area contributed by atoms with E-state index in [1.165, 1.54) is 12.8 Å². The van der Waals surface area contributed by atoms with Crippen molar-refractivity contribution in [3.8, 4) is 0 Å². The van der Waals surface area contributed by atoms with Crippen LogP contribution in [-0.2, 0) is 9.47 Å². The van der Waals surface area contributed by atoms with Crippen molar-refractivity contribution in [1.29, 1.82) is 0 Å². The van der Waals surface area contributed by atoms with Gasteiger partial charge >= 0.3 is 0 Å². The molecule has 1 aliphatic carbocycles. The molecule has 0 amide bonds. The topological polar surface area (TPSA) is 38.7 Å². The summed E-state index contributed by atoms with van der Waals surface area (Å²) >= 11 is 0. The minimum atomic E-state index is -0.238. The van der Waals surface area contributed by atoms with Gasteiger partial charge in [-0.15, -0.1) is 0 Å². The molecule has 1 saturated heterocycles. The molecule has 0 aromatic rings. The van der Waals surface area contributed by atoms with Crippen LogP contribution in [0.25, 0.3) is 0 Å². The van der Waals surface area contributed by atoms with Crippen molar-refractivity contribution in [1.82, 2.24) is 0 Å². The Morgan fingerprint density at radius 2 is 2.07 bits per heavy atom. The van der Waals surface area contributed by atoms with Crippen molar-refractivity contribution in [3.63, 3.8) is 0 Å². The molecule has 1 unspecified atom stereocenters. The Hall–Kier alpha value is -0.120. The lowest BCUT2D eigenvalue weighted by molar-refractivity contribution is -0.187. The minimum Gasteiger partial charge on any atom is -0.396 e. The van der Waals surface area contributed by atoms with E-state index < -0.39 is 0 Å². The summed E-state index contributed by atoms with van der Waals surface area (Å²) in [4.78, 5) is 0. The van der Waals surface area contributed by atoms with Gasteiger partial charge in [-0.25, -0.2) is 0 Å². The SMILES string of the molecule is OCCCC1CCCC2(C1)OCCO2. The van der Waals surface area contributed by atoms with Crippen LogP contribution in [0.5, 0.6) is 0 Å². The molecule has 0 aromatic carbocycles. The summed E-state index contributed by atoms with van der Waals surface area (Å²) < 4.78 is 11.4. The van der Waals surface area contributed by atoms with Gasteiger partial charge in [-0.05, 0) is 25.2 Å². The molecule has 14 heavy (non-hydrogen) atoms. The van der Waals surface area contributed by atoms with E-state index in [1.807, 2.05) is 0 Å². The first-order valence-electron chi connectivity index (χ1n) is 5.73. The highest BCUT2D eigenvalue weighted by molar-refractivity contribution is 4.83. The van der Waals surface area contributed by atoms with Crippen molar-refractivity contribution >= 4 is 0 Å². The van der Waals surface area contributed by atoms with Crippen molar-refractivity contribution in [2.75, 3.05) is 19.8 Å². The first-order valence-corrected chi connectivity index (χ1v) is 5.73. The number of rotatable bonds is 3. The summed E-state index contributed by atoms with van der Waals surface area (Å²) in [7, 11) is 0. The van der Waals surface area contributed by atoms with Crippen LogP contribution in [0.4, 0.5) is 0 Å². The molecule has 2 aliphatic rings. The van der Waals surface area contributed by atoms with Crippen LogP contribution in [0.2, 0.25) is 0 Å². The Bertz CT molecular complexity index is 175. The highest BCUT2D eigenvalue weighted by Crippen LogP contribution is 2.40. The third-order valence-corrected chi connectivity index (χ3v) is 3.35. The summed E-state index contributed by atoms with van der Waals surface area (Å²) in [5.41, 5.74) is 0. The number of hydrogen-bond acceptors (Lipinski definition) is 3. The normalized spacial score (nSPS) is 31.1. The van der Waals surface area contributed by atoms with Gasteiger partial charge in [0.2, 0.25) is 0 Å². The Morgan fingerprint density at radius 1 is 1.29 bits per heavy atom. The molecular formula is C11H20O3. The molecule has 1 aliphatic heterocycles. The second-order valence-electron chi connectivity index (χ2n) is 4.44. The molecule has 0 bridgehead atoms. The average Bonchev–Trinajstić information content (AvgIpc) is 2.63. The fourth-order valence-electron chi connectivity index (χ4n) is 2.69. The molecule has 1 saturated carbocycles. The predicted molar refractivity (Wildman–Crippen MR) is 52.9 cm³/mol. The van der Waals surface area contributed by atoms with E-state index in [-0.39, 0.29) is 5.79 Å². The van der Waals surface area contributed by atoms with Gasteiger partial charge in [-0.1, -0.05) is 6.42 Å². The zero-order valence-corrected chi connectivity index (χ0v) is 8.71. The number of hydrogen-bond donors (Lipinski definition) is 1. The summed E-state index contributed by atoms with van der Waals surface area (Å²) in [6, 6.07) is 0. The summed E-state index contributed by atoms with van der Waals surface area (Å²) in [5, 5.41) is 8.79. The van der Waals surface area contributed by atoms with Crippen LogP contribution in [0.3, 0.4) is 0 Å². The van der Waals surface area contributed by atoms with Crippen LogP contribution in [-0.4, -0.2) is 30.7 Å². The van der Waals surface area contributed by atoms with E-state index in [4.69, 9.17) is 14.6 Å². The van der Waals surface area contributed by atoms with Gasteiger partial charge in [-0.3, -0.25) is 0 Å². The first kappa shape index (κ1) is 10.4. The molecule has 3 nitrogen and oxygen atoms in total. The van der Waals surface area contributed by atoms with Gasteiger partial charge in [0.05, 0.1) is 13.2 Å².